The Morgan fingerprint density at radius 3 is 2.27 bits per heavy atom. The first-order chi connectivity index (χ1) is 10.5. The van der Waals surface area contributed by atoms with E-state index in [0.717, 1.165) is 21.9 Å². The lowest BCUT2D eigenvalue weighted by atomic mass is 10.1. The Bertz CT molecular complexity index is 646. The van der Waals surface area contributed by atoms with Crippen LogP contribution in [0.15, 0.2) is 36.4 Å². The normalized spacial score (nSPS) is 10.4. The number of rotatable bonds is 5. The Balaban J connectivity index is 1.82. The van der Waals surface area contributed by atoms with Gasteiger partial charge in [-0.1, -0.05) is 23.2 Å². The van der Waals surface area contributed by atoms with Crippen LogP contribution in [-0.4, -0.2) is 19.1 Å². The highest BCUT2D eigenvalue weighted by Gasteiger charge is 2.06. The molecule has 0 heterocycles. The molecular weight excluding hydrogens is 321 g/mol. The Kier molecular flexibility index (Phi) is 5.69. The number of nitrogens with one attached hydrogen (secondary N) is 1. The van der Waals surface area contributed by atoms with E-state index in [0.29, 0.717) is 23.7 Å². The fourth-order valence-corrected chi connectivity index (χ4v) is 2.26. The topological polar surface area (TPSA) is 38.3 Å². The Hall–Kier alpha value is -1.71. The number of hydrogen-bond acceptors (Lipinski definition) is 2. The van der Waals surface area contributed by atoms with Crippen molar-refractivity contribution in [1.82, 2.24) is 5.32 Å². The van der Waals surface area contributed by atoms with Crippen LogP contribution in [0.4, 0.5) is 0 Å². The van der Waals surface area contributed by atoms with E-state index in [1.165, 1.54) is 0 Å². The Labute approximate surface area is 140 Å². The van der Waals surface area contributed by atoms with Crippen molar-refractivity contribution < 1.29 is 9.53 Å². The lowest BCUT2D eigenvalue weighted by Gasteiger charge is -2.10. The molecule has 1 N–H and O–H groups in total. The van der Waals surface area contributed by atoms with E-state index < -0.39 is 0 Å². The minimum Gasteiger partial charge on any atom is -0.492 e. The molecule has 0 atom stereocenters. The second kappa shape index (κ2) is 7.52. The van der Waals surface area contributed by atoms with Crippen molar-refractivity contribution >= 4 is 29.1 Å². The Morgan fingerprint density at radius 1 is 1.09 bits per heavy atom. The van der Waals surface area contributed by atoms with Crippen LogP contribution in [0.5, 0.6) is 5.75 Å². The molecule has 3 nitrogen and oxygen atoms in total. The molecule has 0 fully saturated rings. The maximum atomic E-state index is 11.9. The predicted molar refractivity (Wildman–Crippen MR) is 90.2 cm³/mol. The van der Waals surface area contributed by atoms with Gasteiger partial charge in [-0.25, -0.2) is 0 Å². The monoisotopic (exact) mass is 337 g/mol. The lowest BCUT2D eigenvalue weighted by Crippen LogP contribution is -2.28. The van der Waals surface area contributed by atoms with Crippen molar-refractivity contribution in [3.05, 3.63) is 63.1 Å². The van der Waals surface area contributed by atoms with E-state index >= 15 is 0 Å². The second-order valence-corrected chi connectivity index (χ2v) is 5.80. The second-order valence-electron chi connectivity index (χ2n) is 4.98. The summed E-state index contributed by atoms with van der Waals surface area (Å²) in [4.78, 5) is 11.9. The van der Waals surface area contributed by atoms with Crippen LogP contribution >= 0.6 is 23.2 Å². The van der Waals surface area contributed by atoms with Crippen molar-refractivity contribution in [2.75, 3.05) is 13.2 Å². The summed E-state index contributed by atoms with van der Waals surface area (Å²) in [6, 6.07) is 10.5. The van der Waals surface area contributed by atoms with Crippen LogP contribution in [0.1, 0.15) is 21.5 Å². The van der Waals surface area contributed by atoms with E-state index in [9.17, 15) is 4.79 Å². The van der Waals surface area contributed by atoms with Gasteiger partial charge in [-0.05, 0) is 61.4 Å². The Morgan fingerprint density at radius 2 is 1.68 bits per heavy atom. The minimum absolute atomic E-state index is 0.149. The molecule has 22 heavy (non-hydrogen) atoms. The van der Waals surface area contributed by atoms with Crippen LogP contribution in [0.3, 0.4) is 0 Å². The van der Waals surface area contributed by atoms with E-state index in [1.54, 1.807) is 24.3 Å². The highest BCUT2D eigenvalue weighted by molar-refractivity contribution is 6.32. The first kappa shape index (κ1) is 16.7. The van der Waals surface area contributed by atoms with Gasteiger partial charge in [0.2, 0.25) is 0 Å². The molecule has 0 aliphatic heterocycles. The number of benzene rings is 2. The maximum absolute atomic E-state index is 11.9. The zero-order valence-electron chi connectivity index (χ0n) is 12.5. The molecule has 0 unspecified atom stereocenters. The molecule has 116 valence electrons. The van der Waals surface area contributed by atoms with Gasteiger partial charge >= 0.3 is 0 Å². The third-order valence-electron chi connectivity index (χ3n) is 3.17. The molecule has 0 saturated heterocycles. The fourth-order valence-electron chi connectivity index (χ4n) is 2.03. The number of ether oxygens (including phenoxy) is 1. The van der Waals surface area contributed by atoms with Gasteiger partial charge in [0.25, 0.3) is 5.91 Å². The molecular formula is C17H17Cl2NO2. The first-order valence-electron chi connectivity index (χ1n) is 6.90. The molecule has 2 aromatic rings. The van der Waals surface area contributed by atoms with Crippen molar-refractivity contribution in [3.8, 4) is 5.75 Å². The quantitative estimate of drug-likeness (QED) is 0.820. The highest BCUT2D eigenvalue weighted by Crippen LogP contribution is 2.25. The van der Waals surface area contributed by atoms with Crippen LogP contribution in [-0.2, 0) is 0 Å². The average Bonchev–Trinajstić information content (AvgIpc) is 2.49. The number of halogens is 2. The first-order valence-corrected chi connectivity index (χ1v) is 7.66. The predicted octanol–water partition coefficient (Wildman–Crippen LogP) is 4.42. The third kappa shape index (κ3) is 4.39. The third-order valence-corrected chi connectivity index (χ3v) is 4.02. The molecule has 0 aliphatic carbocycles. The van der Waals surface area contributed by atoms with Crippen LogP contribution < -0.4 is 10.1 Å². The number of carbonyl (C=O) groups excluding carboxylic acids is 1. The van der Waals surface area contributed by atoms with Crippen LogP contribution in [0, 0.1) is 13.8 Å². The van der Waals surface area contributed by atoms with Gasteiger partial charge in [0.05, 0.1) is 6.54 Å². The van der Waals surface area contributed by atoms with Gasteiger partial charge in [-0.3, -0.25) is 4.79 Å². The summed E-state index contributed by atoms with van der Waals surface area (Å²) < 4.78 is 5.63. The summed E-state index contributed by atoms with van der Waals surface area (Å²) in [5.41, 5.74) is 2.52. The molecule has 1 amide bonds. The van der Waals surface area contributed by atoms with Crippen molar-refractivity contribution in [3.63, 3.8) is 0 Å². The molecule has 0 aromatic heterocycles. The van der Waals surface area contributed by atoms with Crippen molar-refractivity contribution in [1.29, 1.82) is 0 Å². The standard InChI is InChI=1S/C17H17Cl2NO2/c1-11-9-15(10-12(2)16(11)19)22-8-7-20-17(21)13-3-5-14(18)6-4-13/h3-6,9-10H,7-8H2,1-2H3,(H,20,21). The number of carbonyl (C=O) groups is 1. The summed E-state index contributed by atoms with van der Waals surface area (Å²) in [5, 5.41) is 4.15. The average molecular weight is 338 g/mol. The summed E-state index contributed by atoms with van der Waals surface area (Å²) in [6.07, 6.45) is 0. The highest BCUT2D eigenvalue weighted by atomic mass is 35.5. The van der Waals surface area contributed by atoms with Crippen LogP contribution in [0.25, 0.3) is 0 Å². The molecule has 2 rings (SSSR count). The summed E-state index contributed by atoms with van der Waals surface area (Å²) >= 11 is 11.9. The van der Waals surface area contributed by atoms with Gasteiger partial charge < -0.3 is 10.1 Å². The zero-order valence-corrected chi connectivity index (χ0v) is 14.0. The largest absolute Gasteiger partial charge is 0.492 e. The van der Waals surface area contributed by atoms with Gasteiger partial charge in [0.1, 0.15) is 12.4 Å². The van der Waals surface area contributed by atoms with Gasteiger partial charge in [-0.15, -0.1) is 0 Å². The molecule has 0 radical (unpaired) electrons. The molecule has 5 heteroatoms. The van der Waals surface area contributed by atoms with Gasteiger partial charge in [-0.2, -0.15) is 0 Å². The van der Waals surface area contributed by atoms with Crippen molar-refractivity contribution in [2.24, 2.45) is 0 Å². The summed E-state index contributed by atoms with van der Waals surface area (Å²) in [7, 11) is 0. The number of aryl methyl sites for hydroxylation is 2. The lowest BCUT2D eigenvalue weighted by molar-refractivity contribution is 0.0947. The van der Waals surface area contributed by atoms with E-state index in [2.05, 4.69) is 5.32 Å². The molecule has 0 saturated carbocycles. The maximum Gasteiger partial charge on any atom is 0.251 e. The van der Waals surface area contributed by atoms with E-state index in [4.69, 9.17) is 27.9 Å². The van der Waals surface area contributed by atoms with Crippen LogP contribution in [0.2, 0.25) is 10.0 Å². The summed E-state index contributed by atoms with van der Waals surface area (Å²) in [5.74, 6) is 0.601. The van der Waals surface area contributed by atoms with E-state index in [1.807, 2.05) is 26.0 Å². The van der Waals surface area contributed by atoms with E-state index in [-0.39, 0.29) is 5.91 Å². The molecule has 0 spiro atoms. The van der Waals surface area contributed by atoms with Gasteiger partial charge in [0.15, 0.2) is 0 Å². The summed E-state index contributed by atoms with van der Waals surface area (Å²) in [6.45, 7) is 4.68. The molecule has 0 aliphatic rings. The minimum atomic E-state index is -0.149. The molecule has 2 aromatic carbocycles. The zero-order chi connectivity index (χ0) is 16.1. The smallest absolute Gasteiger partial charge is 0.251 e. The number of hydrogen-bond donors (Lipinski definition) is 1. The fraction of sp³-hybridized carbons (Fsp3) is 0.235. The van der Waals surface area contributed by atoms with Crippen molar-refractivity contribution in [2.45, 2.75) is 13.8 Å². The van der Waals surface area contributed by atoms with Gasteiger partial charge in [0, 0.05) is 15.6 Å². The SMILES string of the molecule is Cc1cc(OCCNC(=O)c2ccc(Cl)cc2)cc(C)c1Cl. The number of amides is 1. The molecule has 0 bridgehead atoms.